The molecule has 8 unspecified atom stereocenters. The molecule has 4 aromatic rings. The van der Waals surface area contributed by atoms with E-state index < -0.39 is 199 Å². The monoisotopic (exact) mass is 1660 g/mol. The fourth-order valence-corrected chi connectivity index (χ4v) is 25.3. The number of Topliss-reactive ketones (excluding diaryl/α,β-unsaturated/α-hetero) is 4. The predicted octanol–water partition coefficient (Wildman–Crippen LogP) is 10.8. The summed E-state index contributed by atoms with van der Waals surface area (Å²) in [6.45, 7) is 17.0. The van der Waals surface area contributed by atoms with Gasteiger partial charge in [-0.2, -0.15) is 0 Å². The molecular formula is C88H109NO30. The number of rotatable bonds is 11. The smallest absolute Gasteiger partial charge is 0.405 e. The Morgan fingerprint density at radius 2 is 0.622 bits per heavy atom. The van der Waals surface area contributed by atoms with Gasteiger partial charge in [0, 0.05) is 65.2 Å². The van der Waals surface area contributed by atoms with Gasteiger partial charge in [-0.05, 0) is 157 Å². The largest absolute Gasteiger partial charge is 0.472 e. The summed E-state index contributed by atoms with van der Waals surface area (Å²) in [5.41, 5.74) is 2.26. The topological polar surface area (TPSA) is 450 Å². The summed E-state index contributed by atoms with van der Waals surface area (Å²) < 4.78 is 74.1. The molecule has 0 spiro atoms. The molecule has 119 heavy (non-hydrogen) atoms. The fourth-order valence-electron chi connectivity index (χ4n) is 25.3. The van der Waals surface area contributed by atoms with Crippen LogP contribution in [0.4, 0.5) is 4.79 Å². The van der Waals surface area contributed by atoms with Gasteiger partial charge in [-0.15, -0.1) is 0 Å². The molecule has 646 valence electrons. The van der Waals surface area contributed by atoms with Gasteiger partial charge in [0.15, 0.2) is 35.3 Å². The summed E-state index contributed by atoms with van der Waals surface area (Å²) in [7, 11) is 5.26. The van der Waals surface area contributed by atoms with Gasteiger partial charge < -0.3 is 81.0 Å². The number of furan rings is 4. The van der Waals surface area contributed by atoms with Crippen LogP contribution in [0.25, 0.3) is 0 Å². The van der Waals surface area contributed by atoms with E-state index in [0.717, 1.165) is 16.7 Å². The van der Waals surface area contributed by atoms with E-state index in [1.807, 2.05) is 55.4 Å². The summed E-state index contributed by atoms with van der Waals surface area (Å²) in [6.07, 6.45) is 10.4. The summed E-state index contributed by atoms with van der Waals surface area (Å²) >= 11 is 0. The SMILES string of the molecule is CCC(=O)OC1C[C@@H](C(=O)OC)[C@]2(C)CCC3C(=O)O[C@@H](c4ccoc4)C[C@]3(C)[C@H]2C1=O.COC(=O)[C@@H]1CC(O)C(=O)[C@H]2[C@@]1(C)CCC1C(=O)O[C@@H](c3ccoc3)C[C@@]12C.COC(=O)[C@@H]1CC(O)C(=O)[C@H]2[C@@]1(C)CCC1C(=O)O[C@@H](c3ccoc3)C[C@@]12C.COC(=O)[C@@H]1CC(OC(N)=O)C(=O)[C@H]2[C@@]1(C)CCC1C(=O)O[C@@H](c3ccoc3)C[C@@]12C. The highest BCUT2D eigenvalue weighted by Crippen LogP contribution is 2.70. The second-order valence-corrected chi connectivity index (χ2v) is 37.0. The molecule has 0 bridgehead atoms. The van der Waals surface area contributed by atoms with Crippen LogP contribution in [0.2, 0.25) is 0 Å². The molecule has 12 aliphatic rings. The van der Waals surface area contributed by atoms with E-state index in [0.29, 0.717) is 82.6 Å². The molecule has 4 saturated heterocycles. The zero-order valence-corrected chi connectivity index (χ0v) is 69.4. The highest BCUT2D eigenvalue weighted by Gasteiger charge is 2.73. The van der Waals surface area contributed by atoms with Crippen molar-refractivity contribution in [3.05, 3.63) is 96.6 Å². The van der Waals surface area contributed by atoms with Crippen LogP contribution in [-0.2, 0) is 110 Å². The maximum atomic E-state index is 13.8. The number of cyclic esters (lactones) is 4. The number of carbonyl (C=O) groups is 14. The van der Waals surface area contributed by atoms with Crippen molar-refractivity contribution in [3.8, 4) is 0 Å². The third-order valence-corrected chi connectivity index (χ3v) is 30.9. The molecule has 12 fully saturated rings. The standard InChI is InChI=1S/C24H30O8.C22H27NO8.2C21H26O7/c1-5-18(25)31-16-10-15(21(27)29-4)23(2)8-6-14-22(28)32-17(13-7-9-30-12-13)11-24(14,3)20(23)19(16)26;1-21-6-4-12-19(26)30-15(11-5-7-29-10-11)9-22(12,2)17(21)16(24)14(31-20(23)27)8-13(21)18(25)28-3;2*1-20-6-4-12-19(25)28-15(11-5-7-27-10-11)9-21(12,2)17(20)16(23)14(22)8-13(20)18(24)26-3/h7,9,12,14-17,20H,5-6,8,10-11H2,1-4H3;5,7,10,12-15,17H,4,6,8-9H2,1-3H3,(H2,23,27);2*5,7,10,12-15,17,22H,4,6,8-9H2,1-3H3/t14?,15-,16?,17+,20-,23-,24-;12?,13-,14?,15+,17-,21-,22-;2*12?,13-,14?,15+,17-,20-,21-/m0000/s1. The number of primary amides is 1. The highest BCUT2D eigenvalue weighted by molar-refractivity contribution is 5.96. The number of ketones is 4. The first-order valence-corrected chi connectivity index (χ1v) is 41.1. The van der Waals surface area contributed by atoms with Crippen LogP contribution in [0.1, 0.15) is 218 Å². The van der Waals surface area contributed by atoms with Gasteiger partial charge in [-0.3, -0.25) is 62.3 Å². The highest BCUT2D eigenvalue weighted by atomic mass is 16.6. The molecular weight excluding hydrogens is 1550 g/mol. The van der Waals surface area contributed by atoms with Crippen molar-refractivity contribution < 1.29 is 142 Å². The molecule has 1 amide bonds. The lowest BCUT2D eigenvalue weighted by Gasteiger charge is -2.61. The lowest BCUT2D eigenvalue weighted by atomic mass is 9.43. The molecule has 8 aliphatic carbocycles. The molecule has 0 radical (unpaired) electrons. The van der Waals surface area contributed by atoms with Crippen molar-refractivity contribution in [2.45, 2.75) is 220 Å². The predicted molar refractivity (Wildman–Crippen MR) is 406 cm³/mol. The minimum Gasteiger partial charge on any atom is -0.472 e. The van der Waals surface area contributed by atoms with E-state index in [1.54, 1.807) is 43.7 Å². The summed E-state index contributed by atoms with van der Waals surface area (Å²) in [6, 6.07) is 6.97. The first-order chi connectivity index (χ1) is 56.2. The quantitative estimate of drug-likeness (QED) is 0.0927. The molecule has 28 atom stereocenters. The zero-order valence-electron chi connectivity index (χ0n) is 69.4. The van der Waals surface area contributed by atoms with Gasteiger partial charge in [0.2, 0.25) is 0 Å². The zero-order chi connectivity index (χ0) is 86.3. The van der Waals surface area contributed by atoms with E-state index in [9.17, 15) is 77.3 Å². The van der Waals surface area contributed by atoms with Crippen molar-refractivity contribution in [2.75, 3.05) is 28.4 Å². The van der Waals surface area contributed by atoms with E-state index in [4.69, 9.17) is 70.8 Å². The van der Waals surface area contributed by atoms with Gasteiger partial charge in [-0.1, -0.05) is 62.3 Å². The van der Waals surface area contributed by atoms with Crippen molar-refractivity contribution in [1.29, 1.82) is 0 Å². The number of fused-ring (bicyclic) bond motifs is 12. The van der Waals surface area contributed by atoms with Crippen molar-refractivity contribution in [2.24, 2.45) is 120 Å². The Labute approximate surface area is 687 Å². The maximum absolute atomic E-state index is 13.8. The molecule has 16 rings (SSSR count). The Kier molecular flexibility index (Phi) is 23.9. The molecule has 8 saturated carbocycles. The maximum Gasteiger partial charge on any atom is 0.405 e. The van der Waals surface area contributed by atoms with Crippen LogP contribution in [0.3, 0.4) is 0 Å². The van der Waals surface area contributed by atoms with Gasteiger partial charge in [0.25, 0.3) is 0 Å². The van der Waals surface area contributed by atoms with Crippen LogP contribution in [-0.4, -0.2) is 146 Å². The number of nitrogens with two attached hydrogens (primary N) is 1. The van der Waals surface area contributed by atoms with Gasteiger partial charge >= 0.3 is 59.8 Å². The number of ether oxygens (including phenoxy) is 10. The van der Waals surface area contributed by atoms with E-state index in [1.165, 1.54) is 66.0 Å². The Balaban J connectivity index is 0.000000138. The van der Waals surface area contributed by atoms with Crippen molar-refractivity contribution in [1.82, 2.24) is 0 Å². The molecule has 4 aromatic heterocycles. The van der Waals surface area contributed by atoms with Crippen LogP contribution < -0.4 is 5.73 Å². The van der Waals surface area contributed by atoms with Gasteiger partial charge in [0.05, 0.1) is 126 Å². The molecule has 4 N–H and O–H groups in total. The average Bonchev–Trinajstić information content (AvgIpc) is 0.865. The van der Waals surface area contributed by atoms with Gasteiger partial charge in [0.1, 0.15) is 36.6 Å². The first kappa shape index (κ1) is 87.0. The molecule has 8 heterocycles. The fraction of sp³-hybridized carbons (Fsp3) is 0.659. The molecule has 0 aromatic carbocycles. The Morgan fingerprint density at radius 1 is 0.378 bits per heavy atom. The van der Waals surface area contributed by atoms with Crippen molar-refractivity contribution >= 4 is 82.9 Å². The number of carbonyl (C=O) groups excluding carboxylic acids is 14. The third kappa shape index (κ3) is 14.7. The Hall–Kier alpha value is -9.78. The normalized spacial score (nSPS) is 41.0. The molecule has 31 heteroatoms. The summed E-state index contributed by atoms with van der Waals surface area (Å²) in [5.74, 6) is -11.7. The van der Waals surface area contributed by atoms with Crippen LogP contribution in [0.5, 0.6) is 0 Å². The summed E-state index contributed by atoms with van der Waals surface area (Å²) in [4.78, 5) is 180. The van der Waals surface area contributed by atoms with E-state index >= 15 is 0 Å². The van der Waals surface area contributed by atoms with Crippen LogP contribution in [0.15, 0.2) is 92.0 Å². The summed E-state index contributed by atoms with van der Waals surface area (Å²) in [5, 5.41) is 21.0. The Morgan fingerprint density at radius 3 is 0.849 bits per heavy atom. The molecule has 31 nitrogen and oxygen atoms in total. The number of esters is 9. The average molecular weight is 1660 g/mol. The lowest BCUT2D eigenvalue weighted by Crippen LogP contribution is -2.65. The number of methoxy groups -OCH3 is 4. The minimum absolute atomic E-state index is 0.0117. The van der Waals surface area contributed by atoms with Crippen LogP contribution in [0, 0.1) is 114 Å². The Bertz CT molecular complexity index is 4430. The number of amides is 1. The number of aliphatic hydroxyl groups excluding tert-OH is 2. The van der Waals surface area contributed by atoms with E-state index in [2.05, 4.69) is 0 Å². The second kappa shape index (κ2) is 32.6. The number of aliphatic hydroxyl groups is 2. The van der Waals surface area contributed by atoms with Crippen LogP contribution >= 0.6 is 0 Å². The second-order valence-electron chi connectivity index (χ2n) is 37.0. The van der Waals surface area contributed by atoms with Crippen molar-refractivity contribution in [3.63, 3.8) is 0 Å². The number of hydrogen-bond acceptors (Lipinski definition) is 30. The van der Waals surface area contributed by atoms with Gasteiger partial charge in [-0.25, -0.2) is 4.79 Å². The lowest BCUT2D eigenvalue weighted by molar-refractivity contribution is -0.211. The third-order valence-electron chi connectivity index (χ3n) is 30.9. The first-order valence-electron chi connectivity index (χ1n) is 41.1. The molecule has 4 aliphatic heterocycles. The van der Waals surface area contributed by atoms with E-state index in [-0.39, 0.29) is 79.1 Å². The minimum atomic E-state index is -1.23. The number of hydrogen-bond donors (Lipinski definition) is 3.